The minimum atomic E-state index is 0.124. The second-order valence-electron chi connectivity index (χ2n) is 3.82. The number of rotatable bonds is 4. The van der Waals surface area contributed by atoms with Crippen LogP contribution in [0.1, 0.15) is 16.2 Å². The fourth-order valence-corrected chi connectivity index (χ4v) is 2.37. The summed E-state index contributed by atoms with van der Waals surface area (Å²) in [6.45, 7) is 2.52. The van der Waals surface area contributed by atoms with Gasteiger partial charge in [0.15, 0.2) is 5.01 Å². The van der Waals surface area contributed by atoms with Crippen LogP contribution in [-0.2, 0) is 0 Å². The van der Waals surface area contributed by atoms with Crippen LogP contribution in [0.25, 0.3) is 0 Å². The summed E-state index contributed by atoms with van der Waals surface area (Å²) in [7, 11) is 2.00. The van der Waals surface area contributed by atoms with Gasteiger partial charge in [-0.3, -0.25) is 9.69 Å². The molecular formula is C10H15N3OS. The largest absolute Gasteiger partial charge is 0.315 e. The van der Waals surface area contributed by atoms with Gasteiger partial charge < -0.3 is 5.32 Å². The Hall–Kier alpha value is -0.780. The van der Waals surface area contributed by atoms with Crippen LogP contribution in [-0.4, -0.2) is 48.4 Å². The van der Waals surface area contributed by atoms with E-state index >= 15 is 0 Å². The maximum absolute atomic E-state index is 11.8. The van der Waals surface area contributed by atoms with Crippen molar-refractivity contribution in [2.75, 3.05) is 26.7 Å². The van der Waals surface area contributed by atoms with Gasteiger partial charge in [-0.05, 0) is 20.0 Å². The van der Waals surface area contributed by atoms with Gasteiger partial charge in [-0.15, -0.1) is 11.3 Å². The maximum atomic E-state index is 11.8. The molecule has 2 rings (SSSR count). The van der Waals surface area contributed by atoms with E-state index in [4.69, 9.17) is 0 Å². The minimum absolute atomic E-state index is 0.124. The zero-order chi connectivity index (χ0) is 10.7. The molecule has 1 N–H and O–H groups in total. The highest BCUT2D eigenvalue weighted by atomic mass is 32.1. The van der Waals surface area contributed by atoms with Crippen molar-refractivity contribution in [3.8, 4) is 0 Å². The van der Waals surface area contributed by atoms with Crippen molar-refractivity contribution in [3.05, 3.63) is 16.6 Å². The van der Waals surface area contributed by atoms with Crippen LogP contribution in [0.5, 0.6) is 0 Å². The summed E-state index contributed by atoms with van der Waals surface area (Å²) in [5, 5.41) is 5.75. The van der Waals surface area contributed by atoms with Crippen molar-refractivity contribution in [2.24, 2.45) is 0 Å². The number of aromatic nitrogens is 1. The van der Waals surface area contributed by atoms with E-state index in [2.05, 4.69) is 15.2 Å². The molecule has 1 saturated heterocycles. The number of Topliss-reactive ketones (excluding diaryl/α,β-unsaturated/α-hetero) is 1. The molecule has 4 nitrogen and oxygen atoms in total. The van der Waals surface area contributed by atoms with Gasteiger partial charge in [0.25, 0.3) is 0 Å². The summed E-state index contributed by atoms with van der Waals surface area (Å²) in [5.74, 6) is 0.124. The molecule has 15 heavy (non-hydrogen) atoms. The Labute approximate surface area is 93.3 Å². The normalized spacial score (nSPS) is 21.1. The molecule has 0 saturated carbocycles. The van der Waals surface area contributed by atoms with Crippen LogP contribution in [0.15, 0.2) is 11.6 Å². The SMILES string of the molecule is CN(CC(=O)c1nccs1)[C@H]1CCNC1. The molecule has 1 aliphatic rings. The van der Waals surface area contributed by atoms with E-state index in [0.29, 0.717) is 17.6 Å². The van der Waals surface area contributed by atoms with Crippen molar-refractivity contribution in [3.63, 3.8) is 0 Å². The Morgan fingerprint density at radius 2 is 2.67 bits per heavy atom. The van der Waals surface area contributed by atoms with Gasteiger partial charge in [-0.2, -0.15) is 0 Å². The molecule has 0 unspecified atom stereocenters. The quantitative estimate of drug-likeness (QED) is 0.763. The molecule has 1 aliphatic heterocycles. The van der Waals surface area contributed by atoms with E-state index in [9.17, 15) is 4.79 Å². The second-order valence-corrected chi connectivity index (χ2v) is 4.72. The van der Waals surface area contributed by atoms with E-state index in [-0.39, 0.29) is 5.78 Å². The molecular weight excluding hydrogens is 210 g/mol. The van der Waals surface area contributed by atoms with Crippen molar-refractivity contribution in [1.29, 1.82) is 0 Å². The Morgan fingerprint density at radius 3 is 3.27 bits per heavy atom. The molecule has 0 bridgehead atoms. The maximum Gasteiger partial charge on any atom is 0.205 e. The van der Waals surface area contributed by atoms with Crippen LogP contribution >= 0.6 is 11.3 Å². The lowest BCUT2D eigenvalue weighted by Crippen LogP contribution is -2.37. The molecule has 0 aromatic carbocycles. The first-order valence-electron chi connectivity index (χ1n) is 5.11. The van der Waals surface area contributed by atoms with Gasteiger partial charge in [-0.1, -0.05) is 0 Å². The van der Waals surface area contributed by atoms with Gasteiger partial charge in [0.2, 0.25) is 5.78 Å². The predicted octanol–water partition coefficient (Wildman–Crippen LogP) is 0.619. The van der Waals surface area contributed by atoms with E-state index in [1.54, 1.807) is 6.20 Å². The number of nitrogens with zero attached hydrogens (tertiary/aromatic N) is 2. The van der Waals surface area contributed by atoms with Crippen molar-refractivity contribution in [1.82, 2.24) is 15.2 Å². The lowest BCUT2D eigenvalue weighted by atomic mass is 10.2. The molecule has 82 valence electrons. The molecule has 1 aromatic rings. The Bertz CT molecular complexity index is 319. The molecule has 0 radical (unpaired) electrons. The third-order valence-corrected chi connectivity index (χ3v) is 3.54. The van der Waals surface area contributed by atoms with Crippen LogP contribution in [0.3, 0.4) is 0 Å². The smallest absolute Gasteiger partial charge is 0.205 e. The number of ketones is 1. The summed E-state index contributed by atoms with van der Waals surface area (Å²) in [5.41, 5.74) is 0. The lowest BCUT2D eigenvalue weighted by molar-refractivity contribution is 0.0924. The average Bonchev–Trinajstić information content (AvgIpc) is 2.91. The van der Waals surface area contributed by atoms with Gasteiger partial charge in [-0.25, -0.2) is 4.98 Å². The Balaban J connectivity index is 1.88. The van der Waals surface area contributed by atoms with Crippen LogP contribution in [0.2, 0.25) is 0 Å². The topological polar surface area (TPSA) is 45.2 Å². The Kier molecular flexibility index (Phi) is 3.45. The summed E-state index contributed by atoms with van der Waals surface area (Å²) in [6.07, 6.45) is 2.80. The molecule has 0 spiro atoms. The summed E-state index contributed by atoms with van der Waals surface area (Å²) in [4.78, 5) is 17.9. The van der Waals surface area contributed by atoms with Gasteiger partial charge in [0.1, 0.15) is 0 Å². The van der Waals surface area contributed by atoms with E-state index in [1.807, 2.05) is 12.4 Å². The third kappa shape index (κ3) is 2.62. The van der Waals surface area contributed by atoms with E-state index in [0.717, 1.165) is 19.5 Å². The summed E-state index contributed by atoms with van der Waals surface area (Å²) >= 11 is 1.41. The summed E-state index contributed by atoms with van der Waals surface area (Å²) in [6, 6.07) is 0.494. The lowest BCUT2D eigenvalue weighted by Gasteiger charge is -2.21. The number of likely N-dealkylation sites (N-methyl/N-ethyl adjacent to an activating group) is 1. The highest BCUT2D eigenvalue weighted by Crippen LogP contribution is 2.09. The fraction of sp³-hybridized carbons (Fsp3) is 0.600. The van der Waals surface area contributed by atoms with Crippen molar-refractivity contribution in [2.45, 2.75) is 12.5 Å². The molecule has 1 atom stereocenters. The van der Waals surface area contributed by atoms with Gasteiger partial charge in [0, 0.05) is 24.2 Å². The third-order valence-electron chi connectivity index (χ3n) is 2.72. The van der Waals surface area contributed by atoms with Crippen molar-refractivity contribution < 1.29 is 4.79 Å². The number of thiazole rings is 1. The zero-order valence-electron chi connectivity index (χ0n) is 8.77. The first kappa shape index (κ1) is 10.7. The average molecular weight is 225 g/mol. The molecule has 1 aromatic heterocycles. The first-order valence-corrected chi connectivity index (χ1v) is 5.99. The first-order chi connectivity index (χ1) is 7.27. The number of hydrogen-bond donors (Lipinski definition) is 1. The number of carbonyl (C=O) groups is 1. The molecule has 2 heterocycles. The monoisotopic (exact) mass is 225 g/mol. The number of nitrogens with one attached hydrogen (secondary N) is 1. The Morgan fingerprint density at radius 1 is 1.80 bits per heavy atom. The minimum Gasteiger partial charge on any atom is -0.315 e. The van der Waals surface area contributed by atoms with Gasteiger partial charge in [0.05, 0.1) is 6.54 Å². The fourth-order valence-electron chi connectivity index (χ4n) is 1.80. The van der Waals surface area contributed by atoms with E-state index in [1.165, 1.54) is 11.3 Å². The number of carbonyl (C=O) groups excluding carboxylic acids is 1. The van der Waals surface area contributed by atoms with Crippen molar-refractivity contribution >= 4 is 17.1 Å². The molecule has 1 fully saturated rings. The standard InChI is InChI=1S/C10H15N3OS/c1-13(8-2-3-11-6-8)7-9(14)10-12-4-5-15-10/h4-5,8,11H,2-3,6-7H2,1H3/t8-/m0/s1. The van der Waals surface area contributed by atoms with Crippen LogP contribution in [0.4, 0.5) is 0 Å². The van der Waals surface area contributed by atoms with Gasteiger partial charge >= 0.3 is 0 Å². The highest BCUT2D eigenvalue weighted by Gasteiger charge is 2.21. The van der Waals surface area contributed by atoms with Crippen LogP contribution < -0.4 is 5.32 Å². The molecule has 5 heteroatoms. The zero-order valence-corrected chi connectivity index (χ0v) is 9.59. The summed E-state index contributed by atoms with van der Waals surface area (Å²) < 4.78 is 0. The predicted molar refractivity (Wildman–Crippen MR) is 60.3 cm³/mol. The second kappa shape index (κ2) is 4.83. The number of hydrogen-bond acceptors (Lipinski definition) is 5. The highest BCUT2D eigenvalue weighted by molar-refractivity contribution is 7.11. The molecule has 0 amide bonds. The molecule has 0 aliphatic carbocycles. The van der Waals surface area contributed by atoms with E-state index < -0.39 is 0 Å². The van der Waals surface area contributed by atoms with Crippen LogP contribution in [0, 0.1) is 0 Å².